The number of phosphoric ester groups is 1. The monoisotopic (exact) mass is 318 g/mol. The highest BCUT2D eigenvalue weighted by atomic mass is 35.6. The maximum Gasteiger partial charge on any atom is 0.476 e. The van der Waals surface area contributed by atoms with Gasteiger partial charge in [-0.2, -0.15) is 0 Å². The highest BCUT2D eigenvalue weighted by Gasteiger charge is 2.39. The molecule has 0 rings (SSSR count). The van der Waals surface area contributed by atoms with Crippen molar-refractivity contribution >= 4 is 54.2 Å². The fraction of sp³-hybridized carbons (Fsp3) is 1.00. The van der Waals surface area contributed by atoms with E-state index in [1.54, 1.807) is 0 Å². The molecule has 9 heteroatoms. The number of hydrogen-bond donors (Lipinski definition) is 0. The Kier molecular flexibility index (Phi) is 7.46. The number of phosphoric acid groups is 1. The van der Waals surface area contributed by atoms with Gasteiger partial charge in [0.2, 0.25) is 3.79 Å². The molecule has 0 aliphatic carbocycles. The van der Waals surface area contributed by atoms with E-state index in [0.717, 1.165) is 7.11 Å². The topological polar surface area (TPSA) is 44.8 Å². The second-order valence-corrected chi connectivity index (χ2v) is 6.92. The molecule has 0 heterocycles. The summed E-state index contributed by atoms with van der Waals surface area (Å²) < 4.78 is 23.9. The molecule has 0 aliphatic heterocycles. The molecule has 0 bridgehead atoms. The van der Waals surface area contributed by atoms with Crippen LogP contribution in [-0.4, -0.2) is 23.1 Å². The van der Waals surface area contributed by atoms with Crippen LogP contribution in [-0.2, 0) is 18.1 Å². The molecule has 0 spiro atoms. The van der Waals surface area contributed by atoms with Gasteiger partial charge in [0.25, 0.3) is 0 Å². The average molecular weight is 320 g/mol. The van der Waals surface area contributed by atoms with Crippen LogP contribution in [0.2, 0.25) is 0 Å². The summed E-state index contributed by atoms with van der Waals surface area (Å²) in [5.41, 5.74) is -1.43. The van der Waals surface area contributed by atoms with E-state index in [1.165, 1.54) is 0 Å². The minimum Gasteiger partial charge on any atom is -0.290 e. The minimum atomic E-state index is -3.75. The SMILES string of the molecule is CCCOP(=O)(OC)OC(Cl)C(Cl)(Cl)Cl. The zero-order valence-corrected chi connectivity index (χ0v) is 12.0. The van der Waals surface area contributed by atoms with Crippen LogP contribution in [0.15, 0.2) is 0 Å². The summed E-state index contributed by atoms with van der Waals surface area (Å²) in [6, 6.07) is 0. The van der Waals surface area contributed by atoms with Gasteiger partial charge in [0.15, 0.2) is 5.56 Å². The molecule has 0 saturated heterocycles. The van der Waals surface area contributed by atoms with E-state index in [-0.39, 0.29) is 6.61 Å². The minimum absolute atomic E-state index is 0.189. The quantitative estimate of drug-likeness (QED) is 0.545. The summed E-state index contributed by atoms with van der Waals surface area (Å²) in [6.45, 7) is 2.02. The summed E-state index contributed by atoms with van der Waals surface area (Å²) in [5.74, 6) is 0. The Balaban J connectivity index is 4.37. The van der Waals surface area contributed by atoms with Crippen LogP contribution in [0.5, 0.6) is 0 Å². The molecular weight excluding hydrogens is 309 g/mol. The van der Waals surface area contributed by atoms with Gasteiger partial charge in [0.1, 0.15) is 0 Å². The molecular formula is C6H11Cl4O4P. The van der Waals surface area contributed by atoms with E-state index in [4.69, 9.17) is 55.5 Å². The third-order valence-corrected chi connectivity index (χ3v) is 4.04. The molecule has 0 aromatic carbocycles. The van der Waals surface area contributed by atoms with E-state index < -0.39 is 17.2 Å². The third-order valence-electron chi connectivity index (χ3n) is 1.16. The second-order valence-electron chi connectivity index (χ2n) is 2.43. The molecule has 4 nitrogen and oxygen atoms in total. The Morgan fingerprint density at radius 2 is 1.93 bits per heavy atom. The van der Waals surface area contributed by atoms with E-state index in [9.17, 15) is 4.57 Å². The lowest BCUT2D eigenvalue weighted by Gasteiger charge is -2.22. The largest absolute Gasteiger partial charge is 0.476 e. The first kappa shape index (κ1) is 16.3. The fourth-order valence-electron chi connectivity index (χ4n) is 0.502. The highest BCUT2D eigenvalue weighted by Crippen LogP contribution is 2.53. The van der Waals surface area contributed by atoms with Gasteiger partial charge < -0.3 is 0 Å². The van der Waals surface area contributed by atoms with Crippen molar-refractivity contribution in [1.82, 2.24) is 0 Å². The molecule has 0 aliphatic rings. The lowest BCUT2D eigenvalue weighted by Crippen LogP contribution is -2.22. The molecule has 92 valence electrons. The van der Waals surface area contributed by atoms with Gasteiger partial charge in [-0.25, -0.2) is 4.57 Å². The molecule has 0 amide bonds. The summed E-state index contributed by atoms with van der Waals surface area (Å²) in [7, 11) is -2.60. The number of rotatable bonds is 6. The predicted octanol–water partition coefficient (Wildman–Crippen LogP) is 4.12. The van der Waals surface area contributed by atoms with Gasteiger partial charge in [-0.1, -0.05) is 53.3 Å². The predicted molar refractivity (Wildman–Crippen MR) is 61.9 cm³/mol. The summed E-state index contributed by atoms with van der Waals surface area (Å²) in [5, 5.41) is 0. The fourth-order valence-corrected chi connectivity index (χ4v) is 2.16. The van der Waals surface area contributed by atoms with Crippen LogP contribution in [0.1, 0.15) is 13.3 Å². The maximum absolute atomic E-state index is 11.7. The van der Waals surface area contributed by atoms with Crippen LogP contribution in [0.4, 0.5) is 0 Å². The number of halogens is 4. The Bertz CT molecular complexity index is 232. The highest BCUT2D eigenvalue weighted by molar-refractivity contribution is 7.48. The smallest absolute Gasteiger partial charge is 0.290 e. The molecule has 0 N–H and O–H groups in total. The molecule has 15 heavy (non-hydrogen) atoms. The van der Waals surface area contributed by atoms with Crippen molar-refractivity contribution in [3.8, 4) is 0 Å². The van der Waals surface area contributed by atoms with E-state index >= 15 is 0 Å². The van der Waals surface area contributed by atoms with Crippen LogP contribution < -0.4 is 0 Å². The average Bonchev–Trinajstić information content (AvgIpc) is 2.13. The molecule has 0 aromatic rings. The van der Waals surface area contributed by atoms with Gasteiger partial charge in [-0.3, -0.25) is 13.6 Å². The van der Waals surface area contributed by atoms with E-state index in [0.29, 0.717) is 6.42 Å². The van der Waals surface area contributed by atoms with E-state index in [1.807, 2.05) is 6.92 Å². The Labute approximate surface area is 109 Å². The molecule has 0 aromatic heterocycles. The zero-order valence-electron chi connectivity index (χ0n) is 8.08. The van der Waals surface area contributed by atoms with Crippen molar-refractivity contribution in [2.24, 2.45) is 0 Å². The van der Waals surface area contributed by atoms with Crippen molar-refractivity contribution < 1.29 is 18.1 Å². The lowest BCUT2D eigenvalue weighted by molar-refractivity contribution is 0.121. The summed E-state index contributed by atoms with van der Waals surface area (Å²) in [4.78, 5) is 0. The normalized spacial score (nSPS) is 18.5. The Morgan fingerprint density at radius 3 is 2.27 bits per heavy atom. The first-order chi connectivity index (χ1) is 6.75. The lowest BCUT2D eigenvalue weighted by atomic mass is 10.5. The summed E-state index contributed by atoms with van der Waals surface area (Å²) >= 11 is 21.8. The van der Waals surface area contributed by atoms with Crippen LogP contribution in [0, 0.1) is 0 Å². The van der Waals surface area contributed by atoms with Crippen LogP contribution >= 0.6 is 54.2 Å². The Hall–Kier alpha value is 1.27. The first-order valence-electron chi connectivity index (χ1n) is 3.94. The van der Waals surface area contributed by atoms with Gasteiger partial charge in [-0.15, -0.1) is 0 Å². The second kappa shape index (κ2) is 6.87. The summed E-state index contributed by atoms with van der Waals surface area (Å²) in [6.07, 6.45) is 0.636. The van der Waals surface area contributed by atoms with Gasteiger partial charge in [0, 0.05) is 7.11 Å². The first-order valence-corrected chi connectivity index (χ1v) is 6.97. The Morgan fingerprint density at radius 1 is 1.40 bits per heavy atom. The maximum atomic E-state index is 11.7. The van der Waals surface area contributed by atoms with Crippen molar-refractivity contribution in [3.05, 3.63) is 0 Å². The van der Waals surface area contributed by atoms with Crippen molar-refractivity contribution in [2.75, 3.05) is 13.7 Å². The zero-order chi connectivity index (χ0) is 12.1. The molecule has 0 saturated carbocycles. The molecule has 2 atom stereocenters. The van der Waals surface area contributed by atoms with Gasteiger partial charge in [-0.05, 0) is 6.42 Å². The van der Waals surface area contributed by atoms with Gasteiger partial charge >= 0.3 is 7.82 Å². The van der Waals surface area contributed by atoms with Crippen LogP contribution in [0.25, 0.3) is 0 Å². The van der Waals surface area contributed by atoms with E-state index in [2.05, 4.69) is 4.52 Å². The van der Waals surface area contributed by atoms with Crippen LogP contribution in [0.3, 0.4) is 0 Å². The third kappa shape index (κ3) is 6.54. The van der Waals surface area contributed by atoms with Gasteiger partial charge in [0.05, 0.1) is 6.61 Å². The number of hydrogen-bond acceptors (Lipinski definition) is 4. The molecule has 0 radical (unpaired) electrons. The number of alkyl halides is 4. The van der Waals surface area contributed by atoms with Crippen molar-refractivity contribution in [2.45, 2.75) is 22.7 Å². The molecule has 2 unspecified atom stereocenters. The van der Waals surface area contributed by atoms with Crippen molar-refractivity contribution in [1.29, 1.82) is 0 Å². The van der Waals surface area contributed by atoms with Crippen molar-refractivity contribution in [3.63, 3.8) is 0 Å². The molecule has 0 fully saturated rings. The standard InChI is InChI=1S/C6H11Cl4O4P/c1-3-4-13-15(11,12-2)14-5(7)6(8,9)10/h5H,3-4H2,1-2H3.